The van der Waals surface area contributed by atoms with Gasteiger partial charge < -0.3 is 14.9 Å². The molecule has 84 valence electrons. The minimum absolute atomic E-state index is 0.209. The van der Waals surface area contributed by atoms with E-state index in [1.165, 1.54) is 11.7 Å². The molecule has 0 aliphatic heterocycles. The molecule has 2 aromatic rings. The zero-order chi connectivity index (χ0) is 11.7. The summed E-state index contributed by atoms with van der Waals surface area (Å²) in [6.07, 6.45) is 0. The van der Waals surface area contributed by atoms with Gasteiger partial charge in [-0.2, -0.15) is 0 Å². The Balaban J connectivity index is 2.71. The SMILES string of the molecule is COc1cccc2c1oc(=O)n2CC(N)=O. The maximum atomic E-state index is 11.5. The number of para-hydroxylation sites is 1. The smallest absolute Gasteiger partial charge is 0.420 e. The van der Waals surface area contributed by atoms with Crippen molar-refractivity contribution in [3.8, 4) is 5.75 Å². The number of hydrogen-bond donors (Lipinski definition) is 1. The Hall–Kier alpha value is -2.24. The summed E-state index contributed by atoms with van der Waals surface area (Å²) in [7, 11) is 1.47. The predicted molar refractivity (Wildman–Crippen MR) is 56.2 cm³/mol. The van der Waals surface area contributed by atoms with Crippen molar-refractivity contribution in [2.24, 2.45) is 5.73 Å². The molecule has 1 heterocycles. The molecule has 1 amide bonds. The minimum atomic E-state index is -0.627. The fraction of sp³-hybridized carbons (Fsp3) is 0.200. The highest BCUT2D eigenvalue weighted by Crippen LogP contribution is 2.23. The molecule has 1 aromatic carbocycles. The van der Waals surface area contributed by atoms with Gasteiger partial charge in [-0.05, 0) is 12.1 Å². The first-order valence-electron chi connectivity index (χ1n) is 4.58. The third-order valence-corrected chi connectivity index (χ3v) is 2.19. The van der Waals surface area contributed by atoms with Crippen LogP contribution in [0.2, 0.25) is 0 Å². The number of oxazole rings is 1. The van der Waals surface area contributed by atoms with Gasteiger partial charge in [-0.1, -0.05) is 6.07 Å². The molecule has 0 radical (unpaired) electrons. The summed E-state index contributed by atoms with van der Waals surface area (Å²) in [6, 6.07) is 5.03. The molecule has 16 heavy (non-hydrogen) atoms. The Morgan fingerprint density at radius 3 is 2.94 bits per heavy atom. The maximum absolute atomic E-state index is 11.5. The fourth-order valence-electron chi connectivity index (χ4n) is 1.53. The molecule has 2 rings (SSSR count). The molecule has 0 bridgehead atoms. The van der Waals surface area contributed by atoms with Gasteiger partial charge in [0.15, 0.2) is 11.3 Å². The van der Waals surface area contributed by atoms with Gasteiger partial charge in [0.2, 0.25) is 5.91 Å². The average Bonchev–Trinajstić information content (AvgIpc) is 2.55. The van der Waals surface area contributed by atoms with Gasteiger partial charge in [0, 0.05) is 0 Å². The van der Waals surface area contributed by atoms with Crippen molar-refractivity contribution >= 4 is 17.0 Å². The van der Waals surface area contributed by atoms with Crippen LogP contribution in [0.5, 0.6) is 5.75 Å². The van der Waals surface area contributed by atoms with Gasteiger partial charge >= 0.3 is 5.76 Å². The van der Waals surface area contributed by atoms with E-state index in [2.05, 4.69) is 0 Å². The number of rotatable bonds is 3. The van der Waals surface area contributed by atoms with E-state index in [1.807, 2.05) is 0 Å². The summed E-state index contributed by atoms with van der Waals surface area (Å²) in [5.74, 6) is -0.788. The molecule has 0 aliphatic rings. The first kappa shape index (κ1) is 10.3. The highest BCUT2D eigenvalue weighted by atomic mass is 16.5. The number of carbonyl (C=O) groups excluding carboxylic acids is 1. The molecular weight excluding hydrogens is 212 g/mol. The number of fused-ring (bicyclic) bond motifs is 1. The third kappa shape index (κ3) is 1.54. The number of methoxy groups -OCH3 is 1. The van der Waals surface area contributed by atoms with Gasteiger partial charge in [-0.3, -0.25) is 9.36 Å². The zero-order valence-electron chi connectivity index (χ0n) is 8.60. The van der Waals surface area contributed by atoms with Crippen molar-refractivity contribution in [1.82, 2.24) is 4.57 Å². The minimum Gasteiger partial charge on any atom is -0.493 e. The van der Waals surface area contributed by atoms with Gasteiger partial charge in [0.1, 0.15) is 6.54 Å². The standard InChI is InChI=1S/C10H10N2O4/c1-15-7-4-2-3-6-9(7)16-10(14)12(6)5-8(11)13/h2-4H,5H2,1H3,(H2,11,13). The number of carbonyl (C=O) groups is 1. The molecule has 1 aromatic heterocycles. The predicted octanol–water partition coefficient (Wildman–Crippen LogP) is 0.0884. The monoisotopic (exact) mass is 222 g/mol. The lowest BCUT2D eigenvalue weighted by Crippen LogP contribution is -2.24. The van der Waals surface area contributed by atoms with Crippen LogP contribution in [0.15, 0.2) is 27.4 Å². The van der Waals surface area contributed by atoms with Crippen LogP contribution in [-0.2, 0) is 11.3 Å². The molecule has 0 atom stereocenters. The summed E-state index contributed by atoms with van der Waals surface area (Å²) >= 11 is 0. The molecule has 6 heteroatoms. The van der Waals surface area contributed by atoms with Crippen LogP contribution in [0.25, 0.3) is 11.1 Å². The van der Waals surface area contributed by atoms with Gasteiger partial charge in [-0.25, -0.2) is 4.79 Å². The topological polar surface area (TPSA) is 87.5 Å². The van der Waals surface area contributed by atoms with E-state index < -0.39 is 11.7 Å². The van der Waals surface area contributed by atoms with E-state index in [-0.39, 0.29) is 6.54 Å². The molecule has 0 fully saturated rings. The Bertz CT molecular complexity index is 596. The summed E-state index contributed by atoms with van der Waals surface area (Å²) < 4.78 is 11.2. The molecule has 0 saturated heterocycles. The first-order chi connectivity index (χ1) is 7.63. The number of hydrogen-bond acceptors (Lipinski definition) is 4. The van der Waals surface area contributed by atoms with Gasteiger partial charge in [0.05, 0.1) is 12.6 Å². The number of ether oxygens (including phenoxy) is 1. The third-order valence-electron chi connectivity index (χ3n) is 2.19. The summed E-state index contributed by atoms with van der Waals surface area (Å²) in [4.78, 5) is 22.3. The first-order valence-corrected chi connectivity index (χ1v) is 4.58. The second-order valence-corrected chi connectivity index (χ2v) is 3.23. The molecular formula is C10H10N2O4. The number of amides is 1. The van der Waals surface area contributed by atoms with Crippen LogP contribution in [-0.4, -0.2) is 17.6 Å². The van der Waals surface area contributed by atoms with E-state index in [4.69, 9.17) is 14.9 Å². The number of aromatic nitrogens is 1. The van der Waals surface area contributed by atoms with Crippen LogP contribution in [0.3, 0.4) is 0 Å². The van der Waals surface area contributed by atoms with Crippen LogP contribution < -0.4 is 16.2 Å². The van der Waals surface area contributed by atoms with Crippen LogP contribution in [0, 0.1) is 0 Å². The fourth-order valence-corrected chi connectivity index (χ4v) is 1.53. The van der Waals surface area contributed by atoms with Gasteiger partial charge in [0.25, 0.3) is 0 Å². The normalized spacial score (nSPS) is 10.6. The average molecular weight is 222 g/mol. The molecule has 0 unspecified atom stereocenters. The molecule has 2 N–H and O–H groups in total. The second-order valence-electron chi connectivity index (χ2n) is 3.23. The van der Waals surface area contributed by atoms with Gasteiger partial charge in [-0.15, -0.1) is 0 Å². The van der Waals surface area contributed by atoms with E-state index >= 15 is 0 Å². The molecule has 0 saturated carbocycles. The largest absolute Gasteiger partial charge is 0.493 e. The molecule has 0 aliphatic carbocycles. The van der Waals surface area contributed by atoms with E-state index in [0.29, 0.717) is 16.8 Å². The van der Waals surface area contributed by atoms with Crippen molar-refractivity contribution in [3.05, 3.63) is 28.7 Å². The van der Waals surface area contributed by atoms with Crippen molar-refractivity contribution in [3.63, 3.8) is 0 Å². The van der Waals surface area contributed by atoms with Crippen molar-refractivity contribution < 1.29 is 13.9 Å². The van der Waals surface area contributed by atoms with Crippen molar-refractivity contribution in [2.75, 3.05) is 7.11 Å². The van der Waals surface area contributed by atoms with Crippen LogP contribution >= 0.6 is 0 Å². The van der Waals surface area contributed by atoms with Crippen LogP contribution in [0.1, 0.15) is 0 Å². The quantitative estimate of drug-likeness (QED) is 0.797. The Labute approximate surface area is 90.2 Å². The van der Waals surface area contributed by atoms with Crippen molar-refractivity contribution in [1.29, 1.82) is 0 Å². The lowest BCUT2D eigenvalue weighted by atomic mass is 10.3. The lowest BCUT2D eigenvalue weighted by Gasteiger charge is -2.00. The Morgan fingerprint density at radius 2 is 2.31 bits per heavy atom. The van der Waals surface area contributed by atoms with Crippen molar-refractivity contribution in [2.45, 2.75) is 6.54 Å². The van der Waals surface area contributed by atoms with E-state index in [9.17, 15) is 9.59 Å². The lowest BCUT2D eigenvalue weighted by molar-refractivity contribution is -0.118. The number of nitrogens with two attached hydrogens (primary N) is 1. The Kier molecular flexibility index (Phi) is 2.40. The Morgan fingerprint density at radius 1 is 1.56 bits per heavy atom. The highest BCUT2D eigenvalue weighted by Gasteiger charge is 2.13. The summed E-state index contributed by atoms with van der Waals surface area (Å²) in [6.45, 7) is -0.209. The second kappa shape index (κ2) is 3.73. The van der Waals surface area contributed by atoms with Crippen LogP contribution in [0.4, 0.5) is 0 Å². The zero-order valence-corrected chi connectivity index (χ0v) is 8.60. The maximum Gasteiger partial charge on any atom is 0.420 e. The summed E-state index contributed by atoms with van der Waals surface area (Å²) in [5.41, 5.74) is 5.85. The van der Waals surface area contributed by atoms with E-state index in [1.54, 1.807) is 18.2 Å². The molecule has 0 spiro atoms. The number of primary amides is 1. The number of nitrogens with zero attached hydrogens (tertiary/aromatic N) is 1. The summed E-state index contributed by atoms with van der Waals surface area (Å²) in [5, 5.41) is 0. The molecule has 6 nitrogen and oxygen atoms in total. The number of benzene rings is 1. The highest BCUT2D eigenvalue weighted by molar-refractivity contribution is 5.82. The van der Waals surface area contributed by atoms with E-state index in [0.717, 1.165) is 0 Å².